The molecule has 0 spiro atoms. The van der Waals surface area contributed by atoms with Crippen molar-refractivity contribution in [2.75, 3.05) is 18.0 Å². The average molecular weight is 268 g/mol. The van der Waals surface area contributed by atoms with Crippen LogP contribution < -0.4 is 10.2 Å². The van der Waals surface area contributed by atoms with Crippen molar-refractivity contribution in [2.45, 2.75) is 25.4 Å². The van der Waals surface area contributed by atoms with Gasteiger partial charge in [0, 0.05) is 35.8 Å². The second-order valence-electron chi connectivity index (χ2n) is 4.41. The highest BCUT2D eigenvalue weighted by atomic mass is 79.9. The maximum atomic E-state index is 4.54. The van der Waals surface area contributed by atoms with Crippen LogP contribution in [0.2, 0.25) is 0 Å². The van der Waals surface area contributed by atoms with E-state index in [1.165, 1.54) is 11.4 Å². The van der Waals surface area contributed by atoms with Gasteiger partial charge in [-0.1, -0.05) is 0 Å². The number of aromatic nitrogens is 1. The molecule has 0 bridgehead atoms. The predicted molar refractivity (Wildman–Crippen MR) is 64.2 cm³/mol. The molecule has 1 aromatic rings. The van der Waals surface area contributed by atoms with Gasteiger partial charge in [0.15, 0.2) is 0 Å². The van der Waals surface area contributed by atoms with E-state index in [0.29, 0.717) is 12.1 Å². The Morgan fingerprint density at radius 1 is 1.53 bits per heavy atom. The van der Waals surface area contributed by atoms with E-state index in [1.54, 1.807) is 0 Å². The van der Waals surface area contributed by atoms with E-state index in [9.17, 15) is 0 Å². The van der Waals surface area contributed by atoms with Crippen LogP contribution in [0.15, 0.2) is 16.7 Å². The zero-order chi connectivity index (χ0) is 10.4. The Bertz CT molecular complexity index is 393. The van der Waals surface area contributed by atoms with Crippen LogP contribution in [0, 0.1) is 0 Å². The van der Waals surface area contributed by atoms with Gasteiger partial charge in [-0.15, -0.1) is 0 Å². The number of pyridine rings is 1. The van der Waals surface area contributed by atoms with Gasteiger partial charge in [0.1, 0.15) is 5.82 Å². The van der Waals surface area contributed by atoms with Gasteiger partial charge in [-0.3, -0.25) is 0 Å². The molecule has 2 aliphatic rings. The van der Waals surface area contributed by atoms with Gasteiger partial charge in [-0.25, -0.2) is 4.98 Å². The Hall–Kier alpha value is -0.610. The van der Waals surface area contributed by atoms with Gasteiger partial charge in [0.2, 0.25) is 0 Å². The van der Waals surface area contributed by atoms with E-state index in [-0.39, 0.29) is 0 Å². The normalized spacial score (nSPS) is 28.8. The van der Waals surface area contributed by atoms with Crippen molar-refractivity contribution in [3.05, 3.63) is 22.3 Å². The number of halogens is 1. The molecule has 0 unspecified atom stereocenters. The summed E-state index contributed by atoms with van der Waals surface area (Å²) >= 11 is 3.48. The molecule has 3 nitrogen and oxygen atoms in total. The largest absolute Gasteiger partial charge is 0.348 e. The molecule has 0 aliphatic carbocycles. The van der Waals surface area contributed by atoms with Crippen molar-refractivity contribution >= 4 is 21.7 Å². The molecular weight excluding hydrogens is 254 g/mol. The highest BCUT2D eigenvalue weighted by Crippen LogP contribution is 2.34. The van der Waals surface area contributed by atoms with Gasteiger partial charge >= 0.3 is 0 Å². The van der Waals surface area contributed by atoms with Gasteiger partial charge < -0.3 is 10.2 Å². The van der Waals surface area contributed by atoms with Crippen molar-refractivity contribution in [1.29, 1.82) is 0 Å². The van der Waals surface area contributed by atoms with Crippen LogP contribution in [0.4, 0.5) is 5.82 Å². The fourth-order valence-corrected chi connectivity index (χ4v) is 3.06. The smallest absolute Gasteiger partial charge is 0.132 e. The maximum absolute atomic E-state index is 4.54. The molecule has 2 atom stereocenters. The van der Waals surface area contributed by atoms with Crippen LogP contribution in [0.1, 0.15) is 12.5 Å². The fraction of sp³-hybridized carbons (Fsp3) is 0.545. The lowest BCUT2D eigenvalue weighted by Gasteiger charge is -2.37. The van der Waals surface area contributed by atoms with E-state index in [0.717, 1.165) is 24.0 Å². The third-order valence-corrected chi connectivity index (χ3v) is 3.73. The molecule has 1 saturated heterocycles. The summed E-state index contributed by atoms with van der Waals surface area (Å²) in [4.78, 5) is 7.02. The van der Waals surface area contributed by atoms with Gasteiger partial charge in [-0.05, 0) is 40.9 Å². The molecule has 3 heterocycles. The number of anilines is 1. The number of hydrogen-bond acceptors (Lipinski definition) is 3. The second kappa shape index (κ2) is 3.46. The van der Waals surface area contributed by atoms with Crippen molar-refractivity contribution < 1.29 is 0 Å². The first-order chi connectivity index (χ1) is 7.25. The topological polar surface area (TPSA) is 28.2 Å². The highest BCUT2D eigenvalue weighted by Gasteiger charge is 2.35. The molecule has 0 amide bonds. The number of nitrogens with zero attached hydrogens (tertiary/aromatic N) is 2. The molecule has 1 aromatic heterocycles. The standard InChI is InChI=1S/C11H14BrN3/c1-7-4-13-6-10-3-8-2-9(12)5-14-11(8)15(7)10/h2,5,7,10,13H,3-4,6H2,1H3/t7-,10-/m1/s1. The van der Waals surface area contributed by atoms with Gasteiger partial charge in [0.25, 0.3) is 0 Å². The SMILES string of the molecule is C[C@@H]1CNC[C@H]2Cc3cc(Br)cnc3N21. The van der Waals surface area contributed by atoms with Crippen LogP contribution >= 0.6 is 15.9 Å². The maximum Gasteiger partial charge on any atom is 0.132 e. The van der Waals surface area contributed by atoms with E-state index >= 15 is 0 Å². The summed E-state index contributed by atoms with van der Waals surface area (Å²) in [5.74, 6) is 1.19. The van der Waals surface area contributed by atoms with Crippen LogP contribution in [0.3, 0.4) is 0 Å². The number of piperazine rings is 1. The molecule has 3 rings (SSSR count). The Kier molecular flexibility index (Phi) is 2.21. The minimum absolute atomic E-state index is 0.554. The van der Waals surface area contributed by atoms with Crippen molar-refractivity contribution in [3.8, 4) is 0 Å². The summed E-state index contributed by atoms with van der Waals surface area (Å²) in [6.45, 7) is 4.41. The first-order valence-electron chi connectivity index (χ1n) is 5.39. The molecule has 0 radical (unpaired) electrons. The van der Waals surface area contributed by atoms with Crippen LogP contribution in [-0.2, 0) is 6.42 Å². The van der Waals surface area contributed by atoms with Crippen LogP contribution in [-0.4, -0.2) is 30.2 Å². The molecule has 1 fully saturated rings. The van der Waals surface area contributed by atoms with Gasteiger partial charge in [-0.2, -0.15) is 0 Å². The van der Waals surface area contributed by atoms with Crippen LogP contribution in [0.5, 0.6) is 0 Å². The van der Waals surface area contributed by atoms with E-state index in [1.807, 2.05) is 6.20 Å². The molecule has 0 aromatic carbocycles. The molecule has 1 N–H and O–H groups in total. The number of rotatable bonds is 0. The summed E-state index contributed by atoms with van der Waals surface area (Å²) < 4.78 is 1.08. The van der Waals surface area contributed by atoms with Crippen molar-refractivity contribution in [2.24, 2.45) is 0 Å². The quantitative estimate of drug-likeness (QED) is 0.774. The van der Waals surface area contributed by atoms with E-state index < -0.39 is 0 Å². The third-order valence-electron chi connectivity index (χ3n) is 3.30. The summed E-state index contributed by atoms with van der Waals surface area (Å²) in [6.07, 6.45) is 3.02. The molecule has 2 aliphatic heterocycles. The molecule has 80 valence electrons. The lowest BCUT2D eigenvalue weighted by atomic mass is 10.1. The lowest BCUT2D eigenvalue weighted by molar-refractivity contribution is 0.428. The van der Waals surface area contributed by atoms with Gasteiger partial charge in [0.05, 0.1) is 0 Å². The molecular formula is C11H14BrN3. The Balaban J connectivity index is 2.03. The first-order valence-corrected chi connectivity index (χ1v) is 6.18. The van der Waals surface area contributed by atoms with Crippen molar-refractivity contribution in [1.82, 2.24) is 10.3 Å². The zero-order valence-corrected chi connectivity index (χ0v) is 10.3. The van der Waals surface area contributed by atoms with E-state index in [2.05, 4.69) is 44.1 Å². The Morgan fingerprint density at radius 2 is 2.40 bits per heavy atom. The minimum atomic E-state index is 0.554. The summed E-state index contributed by atoms with van der Waals surface area (Å²) in [7, 11) is 0. The third kappa shape index (κ3) is 1.47. The highest BCUT2D eigenvalue weighted by molar-refractivity contribution is 9.10. The van der Waals surface area contributed by atoms with Crippen LogP contribution in [0.25, 0.3) is 0 Å². The fourth-order valence-electron chi connectivity index (χ4n) is 2.68. The summed E-state index contributed by atoms with van der Waals surface area (Å²) in [5, 5.41) is 3.47. The minimum Gasteiger partial charge on any atom is -0.348 e. The Morgan fingerprint density at radius 3 is 3.27 bits per heavy atom. The second-order valence-corrected chi connectivity index (χ2v) is 5.32. The summed E-state index contributed by atoms with van der Waals surface area (Å²) in [6, 6.07) is 3.36. The number of fused-ring (bicyclic) bond motifs is 3. The zero-order valence-electron chi connectivity index (χ0n) is 8.70. The molecule has 15 heavy (non-hydrogen) atoms. The van der Waals surface area contributed by atoms with Crippen molar-refractivity contribution in [3.63, 3.8) is 0 Å². The first kappa shape index (κ1) is 9.60. The predicted octanol–water partition coefficient (Wildman–Crippen LogP) is 1.57. The Labute approximate surface area is 98.0 Å². The monoisotopic (exact) mass is 267 g/mol. The van der Waals surface area contributed by atoms with E-state index in [4.69, 9.17) is 0 Å². The summed E-state index contributed by atoms with van der Waals surface area (Å²) in [5.41, 5.74) is 1.38. The number of nitrogens with one attached hydrogen (secondary N) is 1. The molecule has 4 heteroatoms. The molecule has 0 saturated carbocycles. The lowest BCUT2D eigenvalue weighted by Crippen LogP contribution is -2.55. The number of hydrogen-bond donors (Lipinski definition) is 1. The average Bonchev–Trinajstić information content (AvgIpc) is 2.56.